The van der Waals surface area contributed by atoms with Gasteiger partial charge in [-0.25, -0.2) is 4.79 Å². The number of hydrogen-bond donors (Lipinski definition) is 1. The van der Waals surface area contributed by atoms with E-state index in [1.807, 2.05) is 6.07 Å². The lowest BCUT2D eigenvalue weighted by Gasteiger charge is -2.16. The third-order valence-corrected chi connectivity index (χ3v) is 2.71. The van der Waals surface area contributed by atoms with Gasteiger partial charge in [-0.05, 0) is 12.1 Å². The van der Waals surface area contributed by atoms with Crippen molar-refractivity contribution in [3.8, 4) is 0 Å². The molecule has 0 fully saturated rings. The van der Waals surface area contributed by atoms with Gasteiger partial charge < -0.3 is 10.0 Å². The molecule has 2 rings (SSSR count). The summed E-state index contributed by atoms with van der Waals surface area (Å²) >= 11 is 0. The lowest BCUT2D eigenvalue weighted by atomic mass is 10.2. The molecular weight excluding hydrogens is 246 g/mol. The highest BCUT2D eigenvalue weighted by Crippen LogP contribution is 2.16. The maximum atomic E-state index is 12.3. The summed E-state index contributed by atoms with van der Waals surface area (Å²) in [6.45, 7) is 0. The Hall–Kier alpha value is -2.63. The third kappa shape index (κ3) is 2.47. The molecule has 0 bridgehead atoms. The van der Waals surface area contributed by atoms with Crippen LogP contribution >= 0.6 is 0 Å². The van der Waals surface area contributed by atoms with Crippen molar-refractivity contribution in [1.82, 2.24) is 9.78 Å². The second-order valence-electron chi connectivity index (χ2n) is 4.07. The van der Waals surface area contributed by atoms with Gasteiger partial charge in [-0.2, -0.15) is 5.10 Å². The van der Waals surface area contributed by atoms with Crippen LogP contribution in [0, 0.1) is 0 Å². The van der Waals surface area contributed by atoms with Crippen molar-refractivity contribution in [3.63, 3.8) is 0 Å². The molecule has 1 N–H and O–H groups in total. The summed E-state index contributed by atoms with van der Waals surface area (Å²) in [5.41, 5.74) is 0.518. The molecule has 0 aliphatic rings. The molecule has 6 nitrogen and oxygen atoms in total. The van der Waals surface area contributed by atoms with E-state index in [0.29, 0.717) is 5.69 Å². The highest BCUT2D eigenvalue weighted by molar-refractivity contribution is 6.10. The number of carboxylic acid groups (broad SMARTS) is 1. The topological polar surface area (TPSA) is 75.4 Å². The minimum atomic E-state index is -1.22. The van der Waals surface area contributed by atoms with Crippen molar-refractivity contribution < 1.29 is 14.7 Å². The molecule has 1 aromatic carbocycles. The fourth-order valence-corrected chi connectivity index (χ4v) is 1.75. The summed E-state index contributed by atoms with van der Waals surface area (Å²) < 4.78 is 1.32. The molecule has 19 heavy (non-hydrogen) atoms. The van der Waals surface area contributed by atoms with Crippen molar-refractivity contribution in [3.05, 3.63) is 47.8 Å². The monoisotopic (exact) mass is 259 g/mol. The summed E-state index contributed by atoms with van der Waals surface area (Å²) in [5, 5.41) is 12.8. The summed E-state index contributed by atoms with van der Waals surface area (Å²) in [6, 6.07) is 9.00. The summed E-state index contributed by atoms with van der Waals surface area (Å²) in [6.07, 6.45) is 1.41. The van der Waals surface area contributed by atoms with Crippen LogP contribution in [0.2, 0.25) is 0 Å². The van der Waals surface area contributed by atoms with Crippen molar-refractivity contribution in [2.24, 2.45) is 7.05 Å². The molecule has 1 heterocycles. The second kappa shape index (κ2) is 4.93. The molecule has 0 radical (unpaired) electrons. The van der Waals surface area contributed by atoms with E-state index in [4.69, 9.17) is 5.11 Å². The standard InChI is InChI=1S/C13H13N3O3/c1-15-8-10(11(14-15)13(18)19)12(17)16(2)9-6-4-3-5-7-9/h3-8H,1-2H3,(H,18,19). The number of benzene rings is 1. The maximum absolute atomic E-state index is 12.3. The van der Waals surface area contributed by atoms with E-state index in [1.54, 1.807) is 38.4 Å². The molecule has 98 valence electrons. The molecule has 1 amide bonds. The number of nitrogens with zero attached hydrogens (tertiary/aromatic N) is 3. The number of carbonyl (C=O) groups excluding carboxylic acids is 1. The molecule has 0 aliphatic heterocycles. The zero-order valence-electron chi connectivity index (χ0n) is 10.6. The normalized spacial score (nSPS) is 10.2. The van der Waals surface area contributed by atoms with Crippen LogP contribution < -0.4 is 4.90 Å². The fraction of sp³-hybridized carbons (Fsp3) is 0.154. The van der Waals surface area contributed by atoms with Gasteiger partial charge >= 0.3 is 5.97 Å². The van der Waals surface area contributed by atoms with Crippen molar-refractivity contribution in [1.29, 1.82) is 0 Å². The summed E-state index contributed by atoms with van der Waals surface area (Å²) in [5.74, 6) is -1.62. The number of aromatic carboxylic acids is 1. The van der Waals surface area contributed by atoms with Crippen LogP contribution in [0.4, 0.5) is 5.69 Å². The number of anilines is 1. The highest BCUT2D eigenvalue weighted by atomic mass is 16.4. The maximum Gasteiger partial charge on any atom is 0.357 e. The van der Waals surface area contributed by atoms with Gasteiger partial charge in [0.1, 0.15) is 0 Å². The van der Waals surface area contributed by atoms with Crippen LogP contribution in [-0.4, -0.2) is 33.8 Å². The van der Waals surface area contributed by atoms with Gasteiger partial charge in [-0.15, -0.1) is 0 Å². The van der Waals surface area contributed by atoms with Gasteiger partial charge in [0.2, 0.25) is 0 Å². The number of hydrogen-bond acceptors (Lipinski definition) is 3. The molecule has 2 aromatic rings. The van der Waals surface area contributed by atoms with Crippen molar-refractivity contribution in [2.45, 2.75) is 0 Å². The Morgan fingerprint density at radius 1 is 1.26 bits per heavy atom. The Bertz CT molecular complexity index is 619. The first-order valence-electron chi connectivity index (χ1n) is 5.60. The molecule has 0 saturated carbocycles. The third-order valence-electron chi connectivity index (χ3n) is 2.71. The van der Waals surface area contributed by atoms with Gasteiger partial charge in [-0.1, -0.05) is 18.2 Å². The van der Waals surface area contributed by atoms with Gasteiger partial charge in [0.05, 0.1) is 5.56 Å². The highest BCUT2D eigenvalue weighted by Gasteiger charge is 2.24. The first-order valence-corrected chi connectivity index (χ1v) is 5.60. The van der Waals surface area contributed by atoms with Crippen LogP contribution in [0.3, 0.4) is 0 Å². The number of aryl methyl sites for hydroxylation is 1. The van der Waals surface area contributed by atoms with E-state index in [-0.39, 0.29) is 11.3 Å². The number of para-hydroxylation sites is 1. The SMILES string of the molecule is CN(C(=O)c1cn(C)nc1C(=O)O)c1ccccc1. The van der Waals surface area contributed by atoms with Crippen molar-refractivity contribution >= 4 is 17.6 Å². The Balaban J connectivity index is 2.37. The Kier molecular flexibility index (Phi) is 3.33. The van der Waals surface area contributed by atoms with E-state index in [2.05, 4.69) is 5.10 Å². The van der Waals surface area contributed by atoms with Gasteiger partial charge in [0, 0.05) is 26.0 Å². The molecule has 0 spiro atoms. The Labute approximate surface area is 109 Å². The second-order valence-corrected chi connectivity index (χ2v) is 4.07. The van der Waals surface area contributed by atoms with Gasteiger partial charge in [0.25, 0.3) is 5.91 Å². The zero-order chi connectivity index (χ0) is 14.0. The van der Waals surface area contributed by atoms with Gasteiger partial charge in [-0.3, -0.25) is 9.48 Å². The summed E-state index contributed by atoms with van der Waals surface area (Å²) in [7, 11) is 3.17. The van der Waals surface area contributed by atoms with E-state index >= 15 is 0 Å². The number of aromatic nitrogens is 2. The fourth-order valence-electron chi connectivity index (χ4n) is 1.75. The van der Waals surface area contributed by atoms with Gasteiger partial charge in [0.15, 0.2) is 5.69 Å². The minimum Gasteiger partial charge on any atom is -0.476 e. The first kappa shape index (κ1) is 12.8. The lowest BCUT2D eigenvalue weighted by molar-refractivity contribution is 0.0685. The number of rotatable bonds is 3. The lowest BCUT2D eigenvalue weighted by Crippen LogP contribution is -2.27. The quantitative estimate of drug-likeness (QED) is 0.903. The van der Waals surface area contributed by atoms with Crippen LogP contribution in [0.15, 0.2) is 36.5 Å². The smallest absolute Gasteiger partial charge is 0.357 e. The van der Waals surface area contributed by atoms with Crippen LogP contribution in [0.25, 0.3) is 0 Å². The minimum absolute atomic E-state index is 0.0707. The molecule has 1 aromatic heterocycles. The molecule has 0 saturated heterocycles. The summed E-state index contributed by atoms with van der Waals surface area (Å²) in [4.78, 5) is 24.7. The number of amides is 1. The van der Waals surface area contributed by atoms with Crippen LogP contribution in [-0.2, 0) is 7.05 Å². The first-order chi connectivity index (χ1) is 9.00. The van der Waals surface area contributed by atoms with Crippen LogP contribution in [0.1, 0.15) is 20.8 Å². The molecule has 0 unspecified atom stereocenters. The average molecular weight is 259 g/mol. The molecule has 0 aliphatic carbocycles. The molecule has 0 atom stereocenters. The largest absolute Gasteiger partial charge is 0.476 e. The van der Waals surface area contributed by atoms with E-state index < -0.39 is 11.9 Å². The zero-order valence-corrected chi connectivity index (χ0v) is 10.6. The predicted molar refractivity (Wildman–Crippen MR) is 69.3 cm³/mol. The Morgan fingerprint density at radius 3 is 2.47 bits per heavy atom. The van der Waals surface area contributed by atoms with Crippen LogP contribution in [0.5, 0.6) is 0 Å². The average Bonchev–Trinajstić information content (AvgIpc) is 2.80. The number of carbonyl (C=O) groups is 2. The van der Waals surface area contributed by atoms with E-state index in [0.717, 1.165) is 0 Å². The molecule has 6 heteroatoms. The van der Waals surface area contributed by atoms with Crippen molar-refractivity contribution in [2.75, 3.05) is 11.9 Å². The number of carboxylic acids is 1. The molecular formula is C13H13N3O3. The van der Waals surface area contributed by atoms with E-state index in [9.17, 15) is 9.59 Å². The Morgan fingerprint density at radius 2 is 1.89 bits per heavy atom. The van der Waals surface area contributed by atoms with E-state index in [1.165, 1.54) is 15.8 Å². The predicted octanol–water partition coefficient (Wildman–Crippen LogP) is 1.39.